The van der Waals surface area contributed by atoms with Crippen molar-refractivity contribution in [3.8, 4) is 0 Å². The minimum atomic E-state index is -0.344. The Kier molecular flexibility index (Phi) is 7.09. The van der Waals surface area contributed by atoms with Crippen molar-refractivity contribution >= 4 is 40.5 Å². The molecule has 112 valence electrons. The van der Waals surface area contributed by atoms with E-state index in [2.05, 4.69) is 5.32 Å². The molecule has 1 aromatic rings. The predicted molar refractivity (Wildman–Crippen MR) is 81.4 cm³/mol. The second kappa shape index (κ2) is 8.32. The number of anilines is 2. The van der Waals surface area contributed by atoms with E-state index < -0.39 is 0 Å². The number of benzene rings is 1. The largest absolute Gasteiger partial charge is 0.399 e. The molecule has 0 aromatic heterocycles. The summed E-state index contributed by atoms with van der Waals surface area (Å²) in [6.45, 7) is 4.54. The Balaban J connectivity index is 2.39. The fourth-order valence-electron chi connectivity index (χ4n) is 1.40. The van der Waals surface area contributed by atoms with E-state index in [-0.39, 0.29) is 28.7 Å². The quantitative estimate of drug-likeness (QED) is 0.598. The molecule has 0 atom stereocenters. The molecule has 0 unspecified atom stereocenters. The molecule has 3 N–H and O–H groups in total. The molecule has 5 nitrogen and oxygen atoms in total. The van der Waals surface area contributed by atoms with E-state index in [0.29, 0.717) is 24.6 Å². The summed E-state index contributed by atoms with van der Waals surface area (Å²) in [5, 5.41) is 3.15. The molecular weight excluding hydrogens is 303 g/mol. The molecule has 0 saturated heterocycles. The van der Waals surface area contributed by atoms with Crippen molar-refractivity contribution in [1.29, 1.82) is 0 Å². The highest BCUT2D eigenvalue weighted by Crippen LogP contribution is 2.32. The van der Waals surface area contributed by atoms with Gasteiger partial charge in [-0.2, -0.15) is 0 Å². The molecule has 20 heavy (non-hydrogen) atoms. The van der Waals surface area contributed by atoms with Gasteiger partial charge in [-0.3, -0.25) is 4.79 Å². The van der Waals surface area contributed by atoms with Crippen LogP contribution in [0, 0.1) is 0 Å². The topological polar surface area (TPSA) is 73.6 Å². The Bertz CT molecular complexity index is 444. The van der Waals surface area contributed by atoms with Gasteiger partial charge in [0.2, 0.25) is 5.91 Å². The summed E-state index contributed by atoms with van der Waals surface area (Å²) >= 11 is 11.9. The van der Waals surface area contributed by atoms with Gasteiger partial charge >= 0.3 is 0 Å². The predicted octanol–water partition coefficient (Wildman–Crippen LogP) is 2.96. The van der Waals surface area contributed by atoms with Crippen molar-refractivity contribution < 1.29 is 14.3 Å². The molecule has 0 aliphatic rings. The summed E-state index contributed by atoms with van der Waals surface area (Å²) in [7, 11) is 0. The third-order valence-electron chi connectivity index (χ3n) is 2.24. The molecule has 0 aliphatic heterocycles. The number of nitrogens with two attached hydrogens (primary N) is 1. The van der Waals surface area contributed by atoms with Gasteiger partial charge in [0, 0.05) is 5.69 Å². The van der Waals surface area contributed by atoms with E-state index in [1.54, 1.807) is 0 Å². The molecular formula is C13H18Cl2N2O3. The highest BCUT2D eigenvalue weighted by molar-refractivity contribution is 6.40. The molecule has 0 bridgehead atoms. The van der Waals surface area contributed by atoms with Crippen LogP contribution in [0.2, 0.25) is 10.0 Å². The van der Waals surface area contributed by atoms with E-state index in [9.17, 15) is 4.79 Å². The van der Waals surface area contributed by atoms with Crippen molar-refractivity contribution in [1.82, 2.24) is 0 Å². The lowest BCUT2D eigenvalue weighted by atomic mass is 10.3. The average molecular weight is 321 g/mol. The summed E-state index contributed by atoms with van der Waals surface area (Å²) in [5.41, 5.74) is 6.34. The SMILES string of the molecule is CC(C)OCCOCC(=O)Nc1c(Cl)cc(N)cc1Cl. The zero-order valence-corrected chi connectivity index (χ0v) is 12.9. The number of nitrogen functional groups attached to an aromatic ring is 1. The van der Waals surface area contributed by atoms with Gasteiger partial charge in [-0.25, -0.2) is 0 Å². The summed E-state index contributed by atoms with van der Waals surface area (Å²) < 4.78 is 10.5. The maximum atomic E-state index is 11.7. The molecule has 1 amide bonds. The van der Waals surface area contributed by atoms with Gasteiger partial charge in [0.05, 0.1) is 35.1 Å². The number of carbonyl (C=O) groups is 1. The van der Waals surface area contributed by atoms with Gasteiger partial charge in [-0.05, 0) is 26.0 Å². The first-order valence-electron chi connectivity index (χ1n) is 6.14. The number of nitrogens with one attached hydrogen (secondary N) is 1. The summed E-state index contributed by atoms with van der Waals surface area (Å²) in [6.07, 6.45) is 0.139. The van der Waals surface area contributed by atoms with E-state index in [1.807, 2.05) is 13.8 Å². The van der Waals surface area contributed by atoms with Gasteiger partial charge in [-0.1, -0.05) is 23.2 Å². The molecule has 0 saturated carbocycles. The maximum absolute atomic E-state index is 11.7. The van der Waals surface area contributed by atoms with Crippen LogP contribution < -0.4 is 11.1 Å². The molecule has 1 rings (SSSR count). The van der Waals surface area contributed by atoms with Crippen molar-refractivity contribution in [2.45, 2.75) is 20.0 Å². The lowest BCUT2D eigenvalue weighted by molar-refractivity contribution is -0.121. The minimum absolute atomic E-state index is 0.0987. The number of hydrogen-bond donors (Lipinski definition) is 2. The Hall–Kier alpha value is -1.01. The fraction of sp³-hybridized carbons (Fsp3) is 0.462. The summed E-state index contributed by atoms with van der Waals surface area (Å²) in [4.78, 5) is 11.7. The molecule has 0 fully saturated rings. The Morgan fingerprint density at radius 1 is 1.30 bits per heavy atom. The number of carbonyl (C=O) groups excluding carboxylic acids is 1. The normalized spacial score (nSPS) is 10.8. The van der Waals surface area contributed by atoms with Crippen LogP contribution in [0.1, 0.15) is 13.8 Å². The van der Waals surface area contributed by atoms with Crippen LogP contribution in [0.3, 0.4) is 0 Å². The lowest BCUT2D eigenvalue weighted by Crippen LogP contribution is -2.20. The van der Waals surface area contributed by atoms with Crippen LogP contribution in [0.25, 0.3) is 0 Å². The number of hydrogen-bond acceptors (Lipinski definition) is 4. The number of halogens is 2. The van der Waals surface area contributed by atoms with Crippen LogP contribution >= 0.6 is 23.2 Å². The minimum Gasteiger partial charge on any atom is -0.399 e. The number of ether oxygens (including phenoxy) is 2. The Morgan fingerprint density at radius 3 is 2.45 bits per heavy atom. The number of rotatable bonds is 7. The molecule has 7 heteroatoms. The van der Waals surface area contributed by atoms with Crippen molar-refractivity contribution in [3.05, 3.63) is 22.2 Å². The molecule has 0 radical (unpaired) electrons. The summed E-state index contributed by atoms with van der Waals surface area (Å²) in [5.74, 6) is -0.344. The highest BCUT2D eigenvalue weighted by atomic mass is 35.5. The monoisotopic (exact) mass is 320 g/mol. The zero-order valence-electron chi connectivity index (χ0n) is 11.4. The molecule has 0 spiro atoms. The smallest absolute Gasteiger partial charge is 0.250 e. The van der Waals surface area contributed by atoms with Crippen molar-refractivity contribution in [3.63, 3.8) is 0 Å². The lowest BCUT2D eigenvalue weighted by Gasteiger charge is -2.11. The molecule has 0 heterocycles. The summed E-state index contributed by atoms with van der Waals surface area (Å²) in [6, 6.07) is 3.03. The molecule has 1 aromatic carbocycles. The first-order chi connectivity index (χ1) is 9.40. The van der Waals surface area contributed by atoms with Crippen molar-refractivity contribution in [2.24, 2.45) is 0 Å². The maximum Gasteiger partial charge on any atom is 0.250 e. The van der Waals surface area contributed by atoms with Crippen LogP contribution in [0.15, 0.2) is 12.1 Å². The van der Waals surface area contributed by atoms with E-state index in [0.717, 1.165) is 0 Å². The standard InChI is InChI=1S/C13H18Cl2N2O3/c1-8(2)20-4-3-19-7-12(18)17-13-10(14)5-9(16)6-11(13)15/h5-6,8H,3-4,7,16H2,1-2H3,(H,17,18). The van der Waals surface area contributed by atoms with Crippen LogP contribution in [-0.2, 0) is 14.3 Å². The van der Waals surface area contributed by atoms with Gasteiger partial charge < -0.3 is 20.5 Å². The Morgan fingerprint density at radius 2 is 1.90 bits per heavy atom. The van der Waals surface area contributed by atoms with Crippen LogP contribution in [0.5, 0.6) is 0 Å². The van der Waals surface area contributed by atoms with E-state index in [1.165, 1.54) is 12.1 Å². The fourth-order valence-corrected chi connectivity index (χ4v) is 1.99. The van der Waals surface area contributed by atoms with Gasteiger partial charge in [0.15, 0.2) is 0 Å². The second-order valence-electron chi connectivity index (χ2n) is 4.38. The van der Waals surface area contributed by atoms with E-state index in [4.69, 9.17) is 38.4 Å². The van der Waals surface area contributed by atoms with Gasteiger partial charge in [0.25, 0.3) is 0 Å². The number of amides is 1. The van der Waals surface area contributed by atoms with Crippen LogP contribution in [0.4, 0.5) is 11.4 Å². The first kappa shape index (κ1) is 17.0. The third-order valence-corrected chi connectivity index (χ3v) is 2.84. The first-order valence-corrected chi connectivity index (χ1v) is 6.89. The zero-order chi connectivity index (χ0) is 15.1. The van der Waals surface area contributed by atoms with Gasteiger partial charge in [-0.15, -0.1) is 0 Å². The highest BCUT2D eigenvalue weighted by Gasteiger charge is 2.11. The van der Waals surface area contributed by atoms with E-state index >= 15 is 0 Å². The van der Waals surface area contributed by atoms with Gasteiger partial charge in [0.1, 0.15) is 6.61 Å². The van der Waals surface area contributed by atoms with Crippen molar-refractivity contribution in [2.75, 3.05) is 30.9 Å². The second-order valence-corrected chi connectivity index (χ2v) is 5.19. The Labute approximate surface area is 128 Å². The third kappa shape index (κ3) is 5.96. The van der Waals surface area contributed by atoms with Crippen LogP contribution in [-0.4, -0.2) is 31.8 Å². The molecule has 0 aliphatic carbocycles. The average Bonchev–Trinajstić information content (AvgIpc) is 2.33.